The third-order valence-electron chi connectivity index (χ3n) is 3.56. The lowest BCUT2D eigenvalue weighted by Gasteiger charge is -2.09. The van der Waals surface area contributed by atoms with Gasteiger partial charge in [-0.1, -0.05) is 6.07 Å². The standard InChI is InChI=1S/C17H18FN3O/c1-12(22)9-10-19-16-3-2-4-17-15(16)11-20-21(17)14-7-5-13(18)6-8-14/h2-8,11-12,19,22H,9-10H2,1H3. The predicted molar refractivity (Wildman–Crippen MR) is 85.8 cm³/mol. The molecule has 3 aromatic rings. The Morgan fingerprint density at radius 3 is 2.73 bits per heavy atom. The topological polar surface area (TPSA) is 50.1 Å². The summed E-state index contributed by atoms with van der Waals surface area (Å²) in [6, 6.07) is 12.2. The van der Waals surface area contributed by atoms with Crippen molar-refractivity contribution in [2.24, 2.45) is 0 Å². The van der Waals surface area contributed by atoms with E-state index in [1.54, 1.807) is 29.9 Å². The van der Waals surface area contributed by atoms with Gasteiger partial charge in [0.15, 0.2) is 0 Å². The summed E-state index contributed by atoms with van der Waals surface area (Å²) in [6.45, 7) is 2.47. The summed E-state index contributed by atoms with van der Waals surface area (Å²) in [6.07, 6.45) is 2.15. The van der Waals surface area contributed by atoms with Gasteiger partial charge in [-0.15, -0.1) is 0 Å². The normalized spacial score (nSPS) is 12.5. The Morgan fingerprint density at radius 1 is 1.23 bits per heavy atom. The summed E-state index contributed by atoms with van der Waals surface area (Å²) in [4.78, 5) is 0. The first-order valence-corrected chi connectivity index (χ1v) is 7.30. The predicted octanol–water partition coefficient (Wildman–Crippen LogP) is 3.35. The molecule has 1 atom stereocenters. The Labute approximate surface area is 128 Å². The fourth-order valence-corrected chi connectivity index (χ4v) is 2.41. The highest BCUT2D eigenvalue weighted by atomic mass is 19.1. The first kappa shape index (κ1) is 14.5. The van der Waals surface area contributed by atoms with Crippen LogP contribution in [0, 0.1) is 5.82 Å². The fraction of sp³-hybridized carbons (Fsp3) is 0.235. The average molecular weight is 299 g/mol. The Kier molecular flexibility index (Phi) is 4.06. The van der Waals surface area contributed by atoms with Crippen LogP contribution in [0.5, 0.6) is 0 Å². The molecule has 1 aromatic heterocycles. The number of fused-ring (bicyclic) bond motifs is 1. The lowest BCUT2D eigenvalue weighted by atomic mass is 10.2. The third-order valence-corrected chi connectivity index (χ3v) is 3.56. The number of aromatic nitrogens is 2. The van der Waals surface area contributed by atoms with Crippen molar-refractivity contribution < 1.29 is 9.50 Å². The number of aliphatic hydroxyl groups excluding tert-OH is 1. The molecule has 3 rings (SSSR count). The molecule has 0 saturated heterocycles. The van der Waals surface area contributed by atoms with Crippen LogP contribution in [0.3, 0.4) is 0 Å². The number of rotatable bonds is 5. The van der Waals surface area contributed by atoms with E-state index in [0.717, 1.165) is 22.3 Å². The van der Waals surface area contributed by atoms with Crippen LogP contribution in [0.4, 0.5) is 10.1 Å². The molecule has 1 heterocycles. The molecule has 0 bridgehead atoms. The van der Waals surface area contributed by atoms with Gasteiger partial charge in [0.25, 0.3) is 0 Å². The lowest BCUT2D eigenvalue weighted by molar-refractivity contribution is 0.189. The van der Waals surface area contributed by atoms with Crippen molar-refractivity contribution in [2.75, 3.05) is 11.9 Å². The van der Waals surface area contributed by atoms with Gasteiger partial charge in [0.05, 0.1) is 23.5 Å². The Balaban J connectivity index is 1.93. The first-order chi connectivity index (χ1) is 10.6. The quantitative estimate of drug-likeness (QED) is 0.759. The number of hydrogen-bond donors (Lipinski definition) is 2. The zero-order valence-electron chi connectivity index (χ0n) is 12.3. The van der Waals surface area contributed by atoms with Gasteiger partial charge < -0.3 is 10.4 Å². The molecule has 22 heavy (non-hydrogen) atoms. The van der Waals surface area contributed by atoms with Crippen molar-refractivity contribution in [1.29, 1.82) is 0 Å². The molecule has 0 saturated carbocycles. The summed E-state index contributed by atoms with van der Waals surface area (Å²) in [7, 11) is 0. The molecule has 0 spiro atoms. The summed E-state index contributed by atoms with van der Waals surface area (Å²) in [5.41, 5.74) is 2.75. The number of anilines is 1. The van der Waals surface area contributed by atoms with Crippen LogP contribution in [0.1, 0.15) is 13.3 Å². The van der Waals surface area contributed by atoms with Gasteiger partial charge in [-0.2, -0.15) is 5.10 Å². The van der Waals surface area contributed by atoms with E-state index in [1.807, 2.05) is 18.2 Å². The molecule has 2 aromatic carbocycles. The minimum absolute atomic E-state index is 0.263. The van der Waals surface area contributed by atoms with Crippen LogP contribution in [0.15, 0.2) is 48.7 Å². The number of benzene rings is 2. The van der Waals surface area contributed by atoms with E-state index in [1.165, 1.54) is 12.1 Å². The number of nitrogens with one attached hydrogen (secondary N) is 1. The minimum atomic E-state index is -0.325. The smallest absolute Gasteiger partial charge is 0.123 e. The first-order valence-electron chi connectivity index (χ1n) is 7.30. The fourth-order valence-electron chi connectivity index (χ4n) is 2.41. The van der Waals surface area contributed by atoms with Crippen LogP contribution < -0.4 is 5.32 Å². The maximum absolute atomic E-state index is 13.1. The van der Waals surface area contributed by atoms with Crippen molar-refractivity contribution in [3.8, 4) is 5.69 Å². The monoisotopic (exact) mass is 299 g/mol. The van der Waals surface area contributed by atoms with Gasteiger partial charge in [0.2, 0.25) is 0 Å². The second-order valence-electron chi connectivity index (χ2n) is 5.34. The number of halogens is 1. The largest absolute Gasteiger partial charge is 0.393 e. The van der Waals surface area contributed by atoms with Crippen molar-refractivity contribution in [3.05, 3.63) is 54.5 Å². The van der Waals surface area contributed by atoms with E-state index >= 15 is 0 Å². The molecule has 5 heteroatoms. The second-order valence-corrected chi connectivity index (χ2v) is 5.34. The van der Waals surface area contributed by atoms with Crippen molar-refractivity contribution in [3.63, 3.8) is 0 Å². The molecule has 114 valence electrons. The van der Waals surface area contributed by atoms with Gasteiger partial charge in [-0.05, 0) is 49.7 Å². The van der Waals surface area contributed by atoms with Crippen molar-refractivity contribution in [1.82, 2.24) is 9.78 Å². The van der Waals surface area contributed by atoms with E-state index in [-0.39, 0.29) is 11.9 Å². The molecule has 1 unspecified atom stereocenters. The van der Waals surface area contributed by atoms with Crippen molar-refractivity contribution >= 4 is 16.6 Å². The van der Waals surface area contributed by atoms with Gasteiger partial charge in [0, 0.05) is 17.6 Å². The van der Waals surface area contributed by atoms with Gasteiger partial charge in [-0.25, -0.2) is 9.07 Å². The Bertz CT molecular complexity index is 765. The lowest BCUT2D eigenvalue weighted by Crippen LogP contribution is -2.09. The number of nitrogens with zero attached hydrogens (tertiary/aromatic N) is 2. The average Bonchev–Trinajstić information content (AvgIpc) is 2.92. The summed E-state index contributed by atoms with van der Waals surface area (Å²) in [5, 5.41) is 18.1. The molecule has 4 nitrogen and oxygen atoms in total. The van der Waals surface area contributed by atoms with E-state index in [2.05, 4.69) is 10.4 Å². The molecule has 0 fully saturated rings. The van der Waals surface area contributed by atoms with E-state index in [4.69, 9.17) is 0 Å². The zero-order chi connectivity index (χ0) is 15.5. The molecule has 0 aliphatic heterocycles. The molecule has 0 amide bonds. The van der Waals surface area contributed by atoms with Gasteiger partial charge in [0.1, 0.15) is 5.82 Å². The maximum Gasteiger partial charge on any atom is 0.123 e. The molecule has 0 radical (unpaired) electrons. The van der Waals surface area contributed by atoms with Crippen LogP contribution >= 0.6 is 0 Å². The van der Waals surface area contributed by atoms with E-state index in [0.29, 0.717) is 13.0 Å². The second kappa shape index (κ2) is 6.15. The Morgan fingerprint density at radius 2 is 2.00 bits per heavy atom. The summed E-state index contributed by atoms with van der Waals surface area (Å²) < 4.78 is 14.8. The summed E-state index contributed by atoms with van der Waals surface area (Å²) in [5.74, 6) is -0.263. The summed E-state index contributed by atoms with van der Waals surface area (Å²) >= 11 is 0. The number of aliphatic hydroxyl groups is 1. The highest BCUT2D eigenvalue weighted by Crippen LogP contribution is 2.25. The molecule has 0 aliphatic rings. The van der Waals surface area contributed by atoms with Crippen LogP contribution in [0.25, 0.3) is 16.6 Å². The molecular formula is C17H18FN3O. The van der Waals surface area contributed by atoms with Crippen LogP contribution in [-0.4, -0.2) is 27.5 Å². The highest BCUT2D eigenvalue weighted by molar-refractivity contribution is 5.92. The van der Waals surface area contributed by atoms with Gasteiger partial charge in [-0.3, -0.25) is 0 Å². The van der Waals surface area contributed by atoms with E-state index < -0.39 is 0 Å². The molecule has 2 N–H and O–H groups in total. The minimum Gasteiger partial charge on any atom is -0.393 e. The van der Waals surface area contributed by atoms with Gasteiger partial charge >= 0.3 is 0 Å². The maximum atomic E-state index is 13.1. The van der Waals surface area contributed by atoms with Crippen molar-refractivity contribution in [2.45, 2.75) is 19.4 Å². The highest BCUT2D eigenvalue weighted by Gasteiger charge is 2.08. The number of hydrogen-bond acceptors (Lipinski definition) is 3. The Hall–Kier alpha value is -2.40. The molecular weight excluding hydrogens is 281 g/mol. The van der Waals surface area contributed by atoms with Crippen LogP contribution in [0.2, 0.25) is 0 Å². The third kappa shape index (κ3) is 2.94. The van der Waals surface area contributed by atoms with Crippen LogP contribution in [-0.2, 0) is 0 Å². The SMILES string of the molecule is CC(O)CCNc1cccc2c1cnn2-c1ccc(F)cc1. The molecule has 0 aliphatic carbocycles. The zero-order valence-corrected chi connectivity index (χ0v) is 12.3. The van der Waals surface area contributed by atoms with E-state index in [9.17, 15) is 9.50 Å².